The van der Waals surface area contributed by atoms with Crippen LogP contribution in [0.15, 0.2) is 24.3 Å². The maximum atomic E-state index is 12.4. The van der Waals surface area contributed by atoms with Gasteiger partial charge in [-0.25, -0.2) is 0 Å². The first-order valence-corrected chi connectivity index (χ1v) is 24.6. The first-order valence-electron chi connectivity index (χ1n) is 24.6. The Kier molecular flexibility index (Phi) is 45.3. The lowest BCUT2D eigenvalue weighted by Crippen LogP contribution is -2.45. The van der Waals surface area contributed by atoms with Gasteiger partial charge in [-0.15, -0.1) is 0 Å². The van der Waals surface area contributed by atoms with Crippen LogP contribution in [-0.2, 0) is 4.79 Å². The third-order valence-corrected chi connectivity index (χ3v) is 11.4. The Hall–Kier alpha value is -1.13. The Morgan fingerprint density at radius 3 is 1.07 bits per heavy atom. The van der Waals surface area contributed by atoms with Gasteiger partial charge in [0.25, 0.3) is 0 Å². The van der Waals surface area contributed by atoms with Gasteiger partial charge in [-0.2, -0.15) is 0 Å². The van der Waals surface area contributed by atoms with Gasteiger partial charge >= 0.3 is 0 Å². The largest absolute Gasteiger partial charge is 0.394 e. The molecule has 320 valence electrons. The Morgan fingerprint density at radius 1 is 0.426 bits per heavy atom. The molecule has 2 unspecified atom stereocenters. The zero-order valence-electron chi connectivity index (χ0n) is 36.8. The van der Waals surface area contributed by atoms with Gasteiger partial charge in [0.1, 0.15) is 0 Å². The number of carbonyl (C=O) groups excluding carboxylic acids is 1. The lowest BCUT2D eigenvalue weighted by Gasteiger charge is -2.19. The van der Waals surface area contributed by atoms with E-state index in [2.05, 4.69) is 31.3 Å². The van der Waals surface area contributed by atoms with E-state index in [0.29, 0.717) is 6.42 Å². The van der Waals surface area contributed by atoms with Crippen LogP contribution in [0.4, 0.5) is 0 Å². The molecule has 0 saturated heterocycles. The molecule has 0 fully saturated rings. The van der Waals surface area contributed by atoms with E-state index >= 15 is 0 Å². The van der Waals surface area contributed by atoms with E-state index in [4.69, 9.17) is 0 Å². The van der Waals surface area contributed by atoms with Crippen molar-refractivity contribution < 1.29 is 15.0 Å². The fourth-order valence-electron chi connectivity index (χ4n) is 7.67. The Balaban J connectivity index is 3.44. The van der Waals surface area contributed by atoms with Crippen LogP contribution in [0.5, 0.6) is 0 Å². The van der Waals surface area contributed by atoms with Crippen LogP contribution in [0, 0.1) is 0 Å². The minimum atomic E-state index is -0.857. The average molecular weight is 760 g/mol. The van der Waals surface area contributed by atoms with Gasteiger partial charge in [0.15, 0.2) is 0 Å². The molecule has 0 aliphatic rings. The van der Waals surface area contributed by atoms with Crippen LogP contribution in [0.3, 0.4) is 0 Å². The third kappa shape index (κ3) is 42.0. The van der Waals surface area contributed by atoms with Crippen LogP contribution in [-0.4, -0.2) is 34.9 Å². The summed E-state index contributed by atoms with van der Waals surface area (Å²) in [4.78, 5) is 12.4. The van der Waals surface area contributed by atoms with Crippen LogP contribution < -0.4 is 5.32 Å². The number of allylic oxidation sites excluding steroid dienone is 3. The summed E-state index contributed by atoms with van der Waals surface area (Å²) in [7, 11) is 0. The molecule has 0 spiro atoms. The fraction of sp³-hybridized carbons (Fsp3) is 0.900. The van der Waals surface area contributed by atoms with Crippen LogP contribution >= 0.6 is 0 Å². The van der Waals surface area contributed by atoms with Gasteiger partial charge in [-0.3, -0.25) is 4.79 Å². The summed E-state index contributed by atoms with van der Waals surface area (Å²) in [6.07, 6.45) is 60.4. The SMILES string of the molecule is CCCCCCCCC/C=C/CC/C=C/C(O)C(CO)NC(=O)CCCCCCCCCCCCCCCCCCCCCCCCCCCCCCC. The molecule has 3 N–H and O–H groups in total. The van der Waals surface area contributed by atoms with Crippen LogP contribution in [0.2, 0.25) is 0 Å². The third-order valence-electron chi connectivity index (χ3n) is 11.4. The molecule has 0 saturated carbocycles. The number of hydrogen-bond acceptors (Lipinski definition) is 3. The highest BCUT2D eigenvalue weighted by molar-refractivity contribution is 5.76. The van der Waals surface area contributed by atoms with Crippen molar-refractivity contribution in [1.29, 1.82) is 0 Å². The van der Waals surface area contributed by atoms with Gasteiger partial charge in [0.2, 0.25) is 5.91 Å². The van der Waals surface area contributed by atoms with E-state index in [1.54, 1.807) is 6.08 Å². The second-order valence-corrected chi connectivity index (χ2v) is 16.9. The summed E-state index contributed by atoms with van der Waals surface area (Å²) in [5.41, 5.74) is 0. The molecule has 0 aromatic heterocycles. The number of unbranched alkanes of at least 4 members (excludes halogenated alkanes) is 36. The Bertz CT molecular complexity index is 780. The normalized spacial score (nSPS) is 13.0. The van der Waals surface area contributed by atoms with Gasteiger partial charge in [-0.05, 0) is 32.1 Å². The summed E-state index contributed by atoms with van der Waals surface area (Å²) in [6, 6.07) is -0.634. The minimum absolute atomic E-state index is 0.0696. The molecule has 0 aromatic carbocycles. The Labute approximate surface area is 339 Å². The van der Waals surface area contributed by atoms with Crippen molar-refractivity contribution in [2.75, 3.05) is 6.61 Å². The zero-order valence-corrected chi connectivity index (χ0v) is 36.8. The molecule has 0 bridgehead atoms. The van der Waals surface area contributed by atoms with E-state index in [1.807, 2.05) is 6.08 Å². The number of rotatable bonds is 45. The molecule has 4 heteroatoms. The molecule has 0 aliphatic carbocycles. The highest BCUT2D eigenvalue weighted by Gasteiger charge is 2.17. The fourth-order valence-corrected chi connectivity index (χ4v) is 7.67. The molecule has 54 heavy (non-hydrogen) atoms. The number of aliphatic hydroxyl groups is 2. The number of hydrogen-bond donors (Lipinski definition) is 3. The van der Waals surface area contributed by atoms with Crippen molar-refractivity contribution in [3.63, 3.8) is 0 Å². The molecule has 0 aromatic rings. The molecule has 4 nitrogen and oxygen atoms in total. The first-order chi connectivity index (χ1) is 26.7. The highest BCUT2D eigenvalue weighted by atomic mass is 16.3. The van der Waals surface area contributed by atoms with Gasteiger partial charge in [-0.1, -0.05) is 256 Å². The summed E-state index contributed by atoms with van der Waals surface area (Å²) in [5.74, 6) is -0.0696. The average Bonchev–Trinajstić information content (AvgIpc) is 3.18. The highest BCUT2D eigenvalue weighted by Crippen LogP contribution is 2.17. The predicted molar refractivity (Wildman–Crippen MR) is 239 cm³/mol. The molecular weight excluding hydrogens is 663 g/mol. The topological polar surface area (TPSA) is 69.6 Å². The maximum absolute atomic E-state index is 12.4. The summed E-state index contributed by atoms with van der Waals surface area (Å²) in [5, 5.41) is 23.0. The Morgan fingerprint density at radius 2 is 0.722 bits per heavy atom. The lowest BCUT2D eigenvalue weighted by molar-refractivity contribution is -0.123. The number of nitrogens with one attached hydrogen (secondary N) is 1. The summed E-state index contributed by atoms with van der Waals surface area (Å²) < 4.78 is 0. The smallest absolute Gasteiger partial charge is 0.220 e. The van der Waals surface area contributed by atoms with Crippen molar-refractivity contribution in [3.05, 3.63) is 24.3 Å². The van der Waals surface area contributed by atoms with Gasteiger partial charge in [0, 0.05) is 6.42 Å². The van der Waals surface area contributed by atoms with Gasteiger partial charge in [0.05, 0.1) is 18.8 Å². The number of amides is 1. The maximum Gasteiger partial charge on any atom is 0.220 e. The van der Waals surface area contributed by atoms with Crippen LogP contribution in [0.1, 0.15) is 271 Å². The molecule has 0 heterocycles. The second kappa shape index (κ2) is 46.3. The zero-order chi connectivity index (χ0) is 39.3. The lowest BCUT2D eigenvalue weighted by atomic mass is 10.0. The van der Waals surface area contributed by atoms with Crippen molar-refractivity contribution in [1.82, 2.24) is 5.32 Å². The summed E-state index contributed by atoms with van der Waals surface area (Å²) >= 11 is 0. The van der Waals surface area contributed by atoms with Crippen molar-refractivity contribution >= 4 is 5.91 Å². The molecular formula is C50H97NO3. The molecule has 0 rings (SSSR count). The van der Waals surface area contributed by atoms with E-state index < -0.39 is 12.1 Å². The predicted octanol–water partition coefficient (Wildman–Crippen LogP) is 15.6. The van der Waals surface area contributed by atoms with Crippen molar-refractivity contribution in [2.24, 2.45) is 0 Å². The molecule has 1 amide bonds. The second-order valence-electron chi connectivity index (χ2n) is 16.9. The van der Waals surface area contributed by atoms with Crippen molar-refractivity contribution in [2.45, 2.75) is 283 Å². The van der Waals surface area contributed by atoms with Crippen molar-refractivity contribution in [3.8, 4) is 0 Å². The standard InChI is InChI=1S/C50H97NO3/c1-3-5-7-9-11-13-15-17-18-19-20-21-22-23-24-25-26-27-28-29-30-31-32-34-36-38-40-42-44-46-50(54)51-48(47-52)49(53)45-43-41-39-37-35-33-16-14-12-10-8-6-4-2/h35,37,43,45,48-49,52-53H,3-34,36,38-42,44,46-47H2,1-2H3,(H,51,54)/b37-35+,45-43+. The van der Waals surface area contributed by atoms with E-state index in [-0.39, 0.29) is 12.5 Å². The number of aliphatic hydroxyl groups excluding tert-OH is 2. The number of carbonyl (C=O) groups is 1. The molecule has 0 radical (unpaired) electrons. The first kappa shape index (κ1) is 52.9. The van der Waals surface area contributed by atoms with E-state index in [0.717, 1.165) is 32.1 Å². The minimum Gasteiger partial charge on any atom is -0.394 e. The van der Waals surface area contributed by atoms with Gasteiger partial charge < -0.3 is 15.5 Å². The quantitative estimate of drug-likeness (QED) is 0.0428. The van der Waals surface area contributed by atoms with E-state index in [1.165, 1.54) is 218 Å². The summed E-state index contributed by atoms with van der Waals surface area (Å²) in [6.45, 7) is 4.31. The molecule has 2 atom stereocenters. The molecule has 0 aliphatic heterocycles. The van der Waals surface area contributed by atoms with Crippen LogP contribution in [0.25, 0.3) is 0 Å². The monoisotopic (exact) mass is 760 g/mol. The van der Waals surface area contributed by atoms with E-state index in [9.17, 15) is 15.0 Å².